The molecule has 0 unspecified atom stereocenters. The van der Waals surface area contributed by atoms with Gasteiger partial charge in [0.2, 0.25) is 16.3 Å². The maximum absolute atomic E-state index is 14.2. The number of aromatic nitrogens is 2. The second kappa shape index (κ2) is 6.82. The Hall–Kier alpha value is -1.43. The van der Waals surface area contributed by atoms with Gasteiger partial charge in [-0.15, -0.1) is 0 Å². The third-order valence-electron chi connectivity index (χ3n) is 3.58. The van der Waals surface area contributed by atoms with Crippen molar-refractivity contribution < 1.29 is 27.0 Å². The van der Waals surface area contributed by atoms with Gasteiger partial charge in [0, 0.05) is 18.4 Å². The zero-order valence-electron chi connectivity index (χ0n) is 13.1. The third-order valence-corrected chi connectivity index (χ3v) is 5.13. The minimum Gasteiger partial charge on any atom is -0.384 e. The first-order chi connectivity index (χ1) is 11.1. The molecule has 0 aromatic carbocycles. The number of hydrogen-bond acceptors (Lipinski definition) is 6. The molecule has 1 aliphatic rings. The van der Waals surface area contributed by atoms with Gasteiger partial charge in [0.15, 0.2) is 0 Å². The zero-order valence-corrected chi connectivity index (χ0v) is 14.0. The van der Waals surface area contributed by atoms with Gasteiger partial charge >= 0.3 is 11.6 Å². The maximum atomic E-state index is 14.2. The van der Waals surface area contributed by atoms with E-state index in [0.29, 0.717) is 16.7 Å². The average Bonchev–Trinajstić information content (AvgIpc) is 2.69. The minimum absolute atomic E-state index is 0.170. The second-order valence-corrected chi connectivity index (χ2v) is 7.50. The van der Waals surface area contributed by atoms with Crippen LogP contribution in [0.15, 0.2) is 17.1 Å². The summed E-state index contributed by atoms with van der Waals surface area (Å²) < 4.78 is 59.5. The van der Waals surface area contributed by atoms with E-state index in [0.717, 1.165) is 6.20 Å². The molecule has 0 aliphatic carbocycles. The van der Waals surface area contributed by atoms with Crippen LogP contribution in [-0.4, -0.2) is 53.5 Å². The molecule has 2 heterocycles. The fourth-order valence-electron chi connectivity index (χ4n) is 2.36. The number of rotatable bonds is 6. The van der Waals surface area contributed by atoms with Crippen molar-refractivity contribution in [3.8, 4) is 0 Å². The quantitative estimate of drug-likeness (QED) is 0.719. The molecule has 1 aliphatic heterocycles. The standard InChI is InChI=1S/C13H19F2N3O5S/c1-3-6-24(21,22)16-7-9-10(19)13(14,15)11(23-9)18-5-4-8(2)17-12(18)20/h4-5,9-11,16,19H,3,6-7H2,1-2H3/t9-,10-,11-/m1/s1. The van der Waals surface area contributed by atoms with Crippen molar-refractivity contribution in [3.63, 3.8) is 0 Å². The number of alkyl halides is 2. The predicted octanol–water partition coefficient (Wildman–Crippen LogP) is -0.225. The summed E-state index contributed by atoms with van der Waals surface area (Å²) in [6.07, 6.45) is -4.37. The summed E-state index contributed by atoms with van der Waals surface area (Å²) in [7, 11) is -3.64. The Labute approximate surface area is 137 Å². The van der Waals surface area contributed by atoms with Crippen molar-refractivity contribution in [1.29, 1.82) is 0 Å². The van der Waals surface area contributed by atoms with E-state index >= 15 is 0 Å². The number of nitrogens with zero attached hydrogens (tertiary/aromatic N) is 2. The molecule has 2 N–H and O–H groups in total. The first-order valence-electron chi connectivity index (χ1n) is 7.33. The van der Waals surface area contributed by atoms with E-state index in [1.807, 2.05) is 0 Å². The molecular weight excluding hydrogens is 348 g/mol. The smallest absolute Gasteiger partial charge is 0.350 e. The molecule has 1 fully saturated rings. The van der Waals surface area contributed by atoms with Gasteiger partial charge in [-0.3, -0.25) is 4.57 Å². The number of halogens is 2. The Kier molecular flexibility index (Phi) is 5.37. The number of ether oxygens (including phenoxy) is 1. The van der Waals surface area contributed by atoms with Gasteiger partial charge in [0.1, 0.15) is 12.2 Å². The summed E-state index contributed by atoms with van der Waals surface area (Å²) in [5.74, 6) is -3.95. The van der Waals surface area contributed by atoms with Gasteiger partial charge in [0.05, 0.1) is 5.75 Å². The Morgan fingerprint density at radius 1 is 1.50 bits per heavy atom. The van der Waals surface area contributed by atoms with Gasteiger partial charge in [-0.1, -0.05) is 6.92 Å². The van der Waals surface area contributed by atoms with Crippen LogP contribution in [0.2, 0.25) is 0 Å². The van der Waals surface area contributed by atoms with Crippen LogP contribution in [0.25, 0.3) is 0 Å². The van der Waals surface area contributed by atoms with Crippen molar-refractivity contribution in [1.82, 2.24) is 14.3 Å². The van der Waals surface area contributed by atoms with Crippen LogP contribution in [-0.2, 0) is 14.8 Å². The van der Waals surface area contributed by atoms with Crippen LogP contribution in [0.5, 0.6) is 0 Å². The van der Waals surface area contributed by atoms with Crippen LogP contribution < -0.4 is 10.4 Å². The highest BCUT2D eigenvalue weighted by Crippen LogP contribution is 2.41. The van der Waals surface area contributed by atoms with Crippen LogP contribution in [0.1, 0.15) is 25.3 Å². The summed E-state index contributed by atoms with van der Waals surface area (Å²) in [5, 5.41) is 9.78. The molecule has 11 heteroatoms. The molecule has 0 bridgehead atoms. The summed E-state index contributed by atoms with van der Waals surface area (Å²) in [4.78, 5) is 15.3. The number of sulfonamides is 1. The lowest BCUT2D eigenvalue weighted by Crippen LogP contribution is -2.44. The summed E-state index contributed by atoms with van der Waals surface area (Å²) >= 11 is 0. The Bertz CT molecular complexity index is 752. The average molecular weight is 367 g/mol. The van der Waals surface area contributed by atoms with Gasteiger partial charge in [-0.05, 0) is 19.4 Å². The van der Waals surface area contributed by atoms with Crippen LogP contribution in [0, 0.1) is 6.92 Å². The molecule has 8 nitrogen and oxygen atoms in total. The molecule has 2 rings (SSSR count). The van der Waals surface area contributed by atoms with Gasteiger partial charge in [0.25, 0.3) is 0 Å². The second-order valence-electron chi connectivity index (χ2n) is 5.57. The van der Waals surface area contributed by atoms with Crippen LogP contribution in [0.4, 0.5) is 8.78 Å². The number of aryl methyl sites for hydroxylation is 1. The fraction of sp³-hybridized carbons (Fsp3) is 0.692. The van der Waals surface area contributed by atoms with E-state index in [9.17, 15) is 27.1 Å². The summed E-state index contributed by atoms with van der Waals surface area (Å²) in [6.45, 7) is 2.66. The van der Waals surface area contributed by atoms with Gasteiger partial charge in [-0.25, -0.2) is 17.9 Å². The largest absolute Gasteiger partial charge is 0.384 e. The summed E-state index contributed by atoms with van der Waals surface area (Å²) in [6, 6.07) is 1.35. The monoisotopic (exact) mass is 367 g/mol. The van der Waals surface area contributed by atoms with Crippen molar-refractivity contribution in [2.45, 2.75) is 44.6 Å². The highest BCUT2D eigenvalue weighted by atomic mass is 32.2. The van der Waals surface area contributed by atoms with Crippen molar-refractivity contribution in [3.05, 3.63) is 28.4 Å². The normalized spacial score (nSPS) is 26.6. The Balaban J connectivity index is 2.20. The lowest BCUT2D eigenvalue weighted by molar-refractivity contribution is -0.140. The highest BCUT2D eigenvalue weighted by Gasteiger charge is 2.59. The van der Waals surface area contributed by atoms with Crippen LogP contribution in [0.3, 0.4) is 0 Å². The molecule has 1 saturated heterocycles. The molecule has 0 saturated carbocycles. The highest BCUT2D eigenvalue weighted by molar-refractivity contribution is 7.89. The SMILES string of the molecule is CCCS(=O)(=O)NC[C@H]1O[C@@H](n2ccc(C)nc2=O)C(F)(F)[C@@H]1O. The first kappa shape index (κ1) is 18.9. The number of nitrogens with one attached hydrogen (secondary N) is 1. The van der Waals surface area contributed by atoms with Crippen molar-refractivity contribution >= 4 is 10.0 Å². The minimum atomic E-state index is -3.78. The van der Waals surface area contributed by atoms with E-state index in [2.05, 4.69) is 9.71 Å². The molecule has 0 amide bonds. The Morgan fingerprint density at radius 2 is 2.17 bits per heavy atom. The van der Waals surface area contributed by atoms with Gasteiger partial charge < -0.3 is 9.84 Å². The number of aliphatic hydroxyl groups is 1. The van der Waals surface area contributed by atoms with Crippen molar-refractivity contribution in [2.75, 3.05) is 12.3 Å². The van der Waals surface area contributed by atoms with E-state index < -0.39 is 46.6 Å². The van der Waals surface area contributed by atoms with E-state index in [1.54, 1.807) is 6.92 Å². The molecule has 0 radical (unpaired) electrons. The van der Waals surface area contributed by atoms with Gasteiger partial charge in [-0.2, -0.15) is 13.8 Å². The lowest BCUT2D eigenvalue weighted by atomic mass is 10.1. The third kappa shape index (κ3) is 3.79. The fourth-order valence-corrected chi connectivity index (χ4v) is 3.46. The topological polar surface area (TPSA) is 111 Å². The number of hydrogen-bond donors (Lipinski definition) is 2. The zero-order chi connectivity index (χ0) is 18.1. The van der Waals surface area contributed by atoms with Crippen LogP contribution >= 0.6 is 0 Å². The Morgan fingerprint density at radius 3 is 2.75 bits per heavy atom. The molecular formula is C13H19F2N3O5S. The molecule has 136 valence electrons. The molecule has 1 aromatic heterocycles. The van der Waals surface area contributed by atoms with E-state index in [4.69, 9.17) is 4.74 Å². The molecule has 24 heavy (non-hydrogen) atoms. The molecule has 3 atom stereocenters. The van der Waals surface area contributed by atoms with E-state index in [1.165, 1.54) is 13.0 Å². The summed E-state index contributed by atoms with van der Waals surface area (Å²) in [5.41, 5.74) is -0.596. The predicted molar refractivity (Wildman–Crippen MR) is 80.2 cm³/mol. The first-order valence-corrected chi connectivity index (χ1v) is 8.98. The lowest BCUT2D eigenvalue weighted by Gasteiger charge is -2.20. The van der Waals surface area contributed by atoms with E-state index in [-0.39, 0.29) is 5.75 Å². The molecule has 0 spiro atoms. The molecule has 1 aromatic rings. The van der Waals surface area contributed by atoms with Crippen molar-refractivity contribution in [2.24, 2.45) is 0 Å². The maximum Gasteiger partial charge on any atom is 0.350 e. The number of aliphatic hydroxyl groups excluding tert-OH is 1.